The van der Waals surface area contributed by atoms with Crippen molar-refractivity contribution < 1.29 is 13.2 Å². The molecule has 1 amide bonds. The van der Waals surface area contributed by atoms with Gasteiger partial charge >= 0.3 is 0 Å². The Kier molecular flexibility index (Phi) is 5.89. The van der Waals surface area contributed by atoms with E-state index < -0.39 is 10.0 Å². The molecule has 2 rings (SSSR count). The largest absolute Gasteiger partial charge is 0.399 e. The predicted octanol–water partition coefficient (Wildman–Crippen LogP) is 1.56. The van der Waals surface area contributed by atoms with Crippen molar-refractivity contribution >= 4 is 27.3 Å². The van der Waals surface area contributed by atoms with Gasteiger partial charge in [-0.2, -0.15) is 0 Å². The fraction of sp³-hybridized carbons (Fsp3) is 0.0714. The monoisotopic (exact) mass is 307 g/mol. The number of hydrogen-bond acceptors (Lipinski definition) is 4. The number of carbonyl (C=O) groups excluding carboxylic acids is 1. The van der Waals surface area contributed by atoms with Crippen molar-refractivity contribution in [3.8, 4) is 0 Å². The lowest BCUT2D eigenvalue weighted by molar-refractivity contribution is -0.114. The van der Waals surface area contributed by atoms with Crippen LogP contribution in [0.3, 0.4) is 0 Å². The Morgan fingerprint density at radius 1 is 1.00 bits per heavy atom. The number of primary sulfonamides is 1. The average molecular weight is 307 g/mol. The zero-order valence-corrected chi connectivity index (χ0v) is 12.3. The molecule has 0 bridgehead atoms. The molecule has 0 fully saturated rings. The Hall–Kier alpha value is -2.38. The third kappa shape index (κ3) is 6.55. The molecule has 21 heavy (non-hydrogen) atoms. The van der Waals surface area contributed by atoms with Crippen LogP contribution in [0.25, 0.3) is 0 Å². The van der Waals surface area contributed by atoms with Crippen LogP contribution in [-0.2, 0) is 14.8 Å². The highest BCUT2D eigenvalue weighted by Crippen LogP contribution is 2.08. The number of rotatable bonds is 2. The second-order valence-corrected chi connectivity index (χ2v) is 5.72. The van der Waals surface area contributed by atoms with Gasteiger partial charge in [-0.25, -0.2) is 13.6 Å². The first-order chi connectivity index (χ1) is 9.79. The molecule has 0 aliphatic carbocycles. The van der Waals surface area contributed by atoms with Crippen molar-refractivity contribution in [3.63, 3.8) is 0 Å². The lowest BCUT2D eigenvalue weighted by atomic mass is 10.3. The Morgan fingerprint density at radius 2 is 1.52 bits per heavy atom. The Labute approximate surface area is 123 Å². The summed E-state index contributed by atoms with van der Waals surface area (Å²) in [6.07, 6.45) is 0. The summed E-state index contributed by atoms with van der Waals surface area (Å²) in [6, 6.07) is 15.1. The highest BCUT2D eigenvalue weighted by atomic mass is 32.2. The fourth-order valence-electron chi connectivity index (χ4n) is 1.38. The minimum absolute atomic E-state index is 0.0359. The normalized spacial score (nSPS) is 10.2. The highest BCUT2D eigenvalue weighted by molar-refractivity contribution is 7.89. The van der Waals surface area contributed by atoms with Crippen molar-refractivity contribution in [2.24, 2.45) is 5.14 Å². The summed E-state index contributed by atoms with van der Waals surface area (Å²) in [6.45, 7) is 1.49. The van der Waals surface area contributed by atoms with Gasteiger partial charge in [0.2, 0.25) is 15.9 Å². The molecular formula is C14H17N3O3S. The van der Waals surface area contributed by atoms with E-state index in [9.17, 15) is 13.2 Å². The number of carbonyl (C=O) groups is 1. The second-order valence-electron chi connectivity index (χ2n) is 4.16. The Bertz CT molecular complexity index is 683. The molecule has 0 aliphatic heterocycles. The molecule has 0 saturated heterocycles. The number of nitrogens with two attached hydrogens (primary N) is 2. The predicted molar refractivity (Wildman–Crippen MR) is 83.0 cm³/mol. The SMILES string of the molecule is CC(=O)Nc1ccccc1.Nc1ccc(S(N)(=O)=O)cc1. The molecular weight excluding hydrogens is 290 g/mol. The van der Waals surface area contributed by atoms with Crippen LogP contribution in [0.2, 0.25) is 0 Å². The van der Waals surface area contributed by atoms with Crippen LogP contribution < -0.4 is 16.2 Å². The number of hydrogen-bond donors (Lipinski definition) is 3. The van der Waals surface area contributed by atoms with Gasteiger partial charge in [0.1, 0.15) is 0 Å². The molecule has 0 spiro atoms. The van der Waals surface area contributed by atoms with Crippen LogP contribution in [0, 0.1) is 0 Å². The lowest BCUT2D eigenvalue weighted by Gasteiger charge is -1.98. The van der Waals surface area contributed by atoms with Crippen molar-refractivity contribution in [3.05, 3.63) is 54.6 Å². The summed E-state index contributed by atoms with van der Waals surface area (Å²) < 4.78 is 21.4. The van der Waals surface area contributed by atoms with Crippen LogP contribution in [0.1, 0.15) is 6.92 Å². The van der Waals surface area contributed by atoms with Crippen molar-refractivity contribution in [2.45, 2.75) is 11.8 Å². The average Bonchev–Trinajstić information content (AvgIpc) is 2.39. The summed E-state index contributed by atoms with van der Waals surface area (Å²) in [7, 11) is -3.58. The van der Waals surface area contributed by atoms with Gasteiger partial charge in [0.05, 0.1) is 4.90 Å². The minimum Gasteiger partial charge on any atom is -0.399 e. The first-order valence-electron chi connectivity index (χ1n) is 6.00. The molecule has 0 heterocycles. The van der Waals surface area contributed by atoms with Crippen LogP contribution in [0.4, 0.5) is 11.4 Å². The van der Waals surface area contributed by atoms with Gasteiger partial charge in [0.25, 0.3) is 0 Å². The second kappa shape index (κ2) is 7.41. The smallest absolute Gasteiger partial charge is 0.238 e. The number of nitrogen functional groups attached to an aromatic ring is 1. The fourth-order valence-corrected chi connectivity index (χ4v) is 1.90. The molecule has 6 nitrogen and oxygen atoms in total. The van der Waals surface area contributed by atoms with Gasteiger partial charge in [-0.05, 0) is 36.4 Å². The quantitative estimate of drug-likeness (QED) is 0.730. The molecule has 2 aromatic carbocycles. The van der Waals surface area contributed by atoms with E-state index in [1.165, 1.54) is 31.2 Å². The zero-order valence-electron chi connectivity index (χ0n) is 11.5. The maximum absolute atomic E-state index is 10.7. The first kappa shape index (κ1) is 16.7. The maximum atomic E-state index is 10.7. The summed E-state index contributed by atoms with van der Waals surface area (Å²) in [4.78, 5) is 10.6. The lowest BCUT2D eigenvalue weighted by Crippen LogP contribution is -2.11. The zero-order chi connectivity index (χ0) is 15.9. The van der Waals surface area contributed by atoms with E-state index in [1.807, 2.05) is 30.3 Å². The van der Waals surface area contributed by atoms with Crippen LogP contribution >= 0.6 is 0 Å². The molecule has 0 aromatic heterocycles. The molecule has 5 N–H and O–H groups in total. The van der Waals surface area contributed by atoms with Gasteiger partial charge in [-0.15, -0.1) is 0 Å². The highest BCUT2D eigenvalue weighted by Gasteiger charge is 2.04. The molecule has 0 radical (unpaired) electrons. The van der Waals surface area contributed by atoms with E-state index in [2.05, 4.69) is 5.32 Å². The van der Waals surface area contributed by atoms with Crippen molar-refractivity contribution in [1.82, 2.24) is 0 Å². The molecule has 0 saturated carbocycles. The van der Waals surface area contributed by atoms with Gasteiger partial charge in [-0.3, -0.25) is 4.79 Å². The van der Waals surface area contributed by atoms with E-state index in [4.69, 9.17) is 10.9 Å². The molecule has 112 valence electrons. The summed E-state index contributed by atoms with van der Waals surface area (Å²) in [5.74, 6) is -0.0359. The summed E-state index contributed by atoms with van der Waals surface area (Å²) >= 11 is 0. The minimum atomic E-state index is -3.58. The van der Waals surface area contributed by atoms with E-state index in [0.29, 0.717) is 5.69 Å². The van der Waals surface area contributed by atoms with Crippen LogP contribution in [0.15, 0.2) is 59.5 Å². The molecule has 2 aromatic rings. The summed E-state index contributed by atoms with van der Waals surface area (Å²) in [5.41, 5.74) is 6.69. The standard InChI is InChI=1S/C8H9NO.C6H8N2O2S/c1-7(10)9-8-5-3-2-4-6-8;7-5-1-3-6(4-2-5)11(8,9)10/h2-6H,1H3,(H,9,10);1-4H,7H2,(H2,8,9,10). The third-order valence-electron chi connectivity index (χ3n) is 2.30. The van der Waals surface area contributed by atoms with E-state index in [1.54, 1.807) is 0 Å². The molecule has 0 aliphatic rings. The number of benzene rings is 2. The van der Waals surface area contributed by atoms with Gasteiger partial charge in [0.15, 0.2) is 0 Å². The number of sulfonamides is 1. The Balaban J connectivity index is 0.000000211. The number of amides is 1. The molecule has 0 unspecified atom stereocenters. The maximum Gasteiger partial charge on any atom is 0.238 e. The van der Waals surface area contributed by atoms with Gasteiger partial charge in [0, 0.05) is 18.3 Å². The van der Waals surface area contributed by atoms with Crippen molar-refractivity contribution in [1.29, 1.82) is 0 Å². The number of anilines is 2. The molecule has 7 heteroatoms. The van der Waals surface area contributed by atoms with E-state index in [-0.39, 0.29) is 10.8 Å². The Morgan fingerprint density at radius 3 is 1.95 bits per heavy atom. The third-order valence-corrected chi connectivity index (χ3v) is 3.23. The van der Waals surface area contributed by atoms with E-state index >= 15 is 0 Å². The summed E-state index contributed by atoms with van der Waals surface area (Å²) in [5, 5.41) is 7.50. The first-order valence-corrected chi connectivity index (χ1v) is 7.54. The van der Waals surface area contributed by atoms with Crippen LogP contribution in [0.5, 0.6) is 0 Å². The van der Waals surface area contributed by atoms with Gasteiger partial charge < -0.3 is 11.1 Å². The number of para-hydroxylation sites is 1. The molecule has 0 atom stereocenters. The van der Waals surface area contributed by atoms with Crippen molar-refractivity contribution in [2.75, 3.05) is 11.1 Å². The van der Waals surface area contributed by atoms with E-state index in [0.717, 1.165) is 5.69 Å². The topological polar surface area (TPSA) is 115 Å². The van der Waals surface area contributed by atoms with Gasteiger partial charge in [-0.1, -0.05) is 18.2 Å². The van der Waals surface area contributed by atoms with Crippen LogP contribution in [-0.4, -0.2) is 14.3 Å². The number of nitrogens with one attached hydrogen (secondary N) is 1.